The van der Waals surface area contributed by atoms with Gasteiger partial charge in [0.2, 0.25) is 17.6 Å². The van der Waals surface area contributed by atoms with Crippen molar-refractivity contribution in [3.8, 4) is 11.4 Å². The summed E-state index contributed by atoms with van der Waals surface area (Å²) in [6.45, 7) is 6.14. The van der Waals surface area contributed by atoms with E-state index in [4.69, 9.17) is 9.63 Å². The number of nitrogens with zero attached hydrogens (tertiary/aromatic N) is 2. The van der Waals surface area contributed by atoms with Crippen LogP contribution in [-0.4, -0.2) is 33.3 Å². The van der Waals surface area contributed by atoms with Gasteiger partial charge in [0.15, 0.2) is 0 Å². The molecule has 0 radical (unpaired) electrons. The molecule has 1 heterocycles. The van der Waals surface area contributed by atoms with Crippen LogP contribution in [-0.2, 0) is 17.8 Å². The third kappa shape index (κ3) is 10.4. The summed E-state index contributed by atoms with van der Waals surface area (Å²) >= 11 is 0. The molecule has 1 aromatic carbocycles. The summed E-state index contributed by atoms with van der Waals surface area (Å²) in [6, 6.07) is 7.35. The molecule has 8 nitrogen and oxygen atoms in total. The topological polar surface area (TPSA) is 117 Å². The van der Waals surface area contributed by atoms with E-state index in [1.807, 2.05) is 26.0 Å². The van der Waals surface area contributed by atoms with Crippen LogP contribution in [0.1, 0.15) is 90.0 Å². The van der Waals surface area contributed by atoms with Gasteiger partial charge in [-0.3, -0.25) is 4.79 Å². The molecule has 1 unspecified atom stereocenters. The number of aryl methyl sites for hydroxylation is 1. The Labute approximate surface area is 202 Å². The SMILES string of the molecule is CCCCCCCCCCc1ccc(-c2noc(CNC(=O)C(CC(C)C)NC(=O)O)n2)cc1. The van der Waals surface area contributed by atoms with Crippen LogP contribution in [0, 0.1) is 5.92 Å². The van der Waals surface area contributed by atoms with E-state index in [1.54, 1.807) is 0 Å². The third-order valence-corrected chi connectivity index (χ3v) is 5.73. The first-order chi connectivity index (χ1) is 16.4. The van der Waals surface area contributed by atoms with E-state index in [-0.39, 0.29) is 18.4 Å². The Morgan fingerprint density at radius 2 is 1.65 bits per heavy atom. The minimum Gasteiger partial charge on any atom is -0.465 e. The number of benzene rings is 1. The van der Waals surface area contributed by atoms with Crippen LogP contribution in [0.15, 0.2) is 28.8 Å². The zero-order chi connectivity index (χ0) is 24.8. The number of aromatic nitrogens is 2. The lowest BCUT2D eigenvalue weighted by Crippen LogP contribution is -2.46. The van der Waals surface area contributed by atoms with Crippen molar-refractivity contribution in [3.63, 3.8) is 0 Å². The molecule has 0 fully saturated rings. The summed E-state index contributed by atoms with van der Waals surface area (Å²) in [5.74, 6) is 0.479. The highest BCUT2D eigenvalue weighted by atomic mass is 16.5. The summed E-state index contributed by atoms with van der Waals surface area (Å²) in [4.78, 5) is 27.7. The van der Waals surface area contributed by atoms with E-state index in [2.05, 4.69) is 39.8 Å². The van der Waals surface area contributed by atoms with Gasteiger partial charge >= 0.3 is 6.09 Å². The van der Waals surface area contributed by atoms with Crippen LogP contribution in [0.2, 0.25) is 0 Å². The molecule has 2 amide bonds. The molecule has 0 aliphatic heterocycles. The van der Waals surface area contributed by atoms with Gasteiger partial charge in [0, 0.05) is 5.56 Å². The lowest BCUT2D eigenvalue weighted by Gasteiger charge is -2.17. The third-order valence-electron chi connectivity index (χ3n) is 5.73. The van der Waals surface area contributed by atoms with Crippen LogP contribution >= 0.6 is 0 Å². The standard InChI is InChI=1S/C26H40N4O4/c1-4-5-6-7-8-9-10-11-12-20-13-15-21(16-14-20)24-29-23(34-30-24)18-27-25(31)22(17-19(2)3)28-26(32)33/h13-16,19,22,28H,4-12,17-18H2,1-3H3,(H,27,31)(H,32,33). The van der Waals surface area contributed by atoms with Crippen LogP contribution in [0.5, 0.6) is 0 Å². The summed E-state index contributed by atoms with van der Waals surface area (Å²) in [5.41, 5.74) is 2.15. The zero-order valence-corrected chi connectivity index (χ0v) is 20.8. The molecule has 0 spiro atoms. The van der Waals surface area contributed by atoms with Crippen molar-refractivity contribution in [2.45, 2.75) is 97.6 Å². The molecule has 0 aliphatic rings. The summed E-state index contributed by atoms with van der Waals surface area (Å²) < 4.78 is 5.26. The fourth-order valence-electron chi connectivity index (χ4n) is 3.87. The molecule has 1 aromatic heterocycles. The highest BCUT2D eigenvalue weighted by molar-refractivity contribution is 5.85. The van der Waals surface area contributed by atoms with E-state index >= 15 is 0 Å². The summed E-state index contributed by atoms with van der Waals surface area (Å²) in [5, 5.41) is 17.9. The van der Waals surface area contributed by atoms with Gasteiger partial charge in [-0.1, -0.05) is 95.1 Å². The maximum Gasteiger partial charge on any atom is 0.405 e. The van der Waals surface area contributed by atoms with Gasteiger partial charge in [-0.25, -0.2) is 4.79 Å². The van der Waals surface area contributed by atoms with Gasteiger partial charge in [-0.15, -0.1) is 0 Å². The van der Waals surface area contributed by atoms with Crippen LogP contribution in [0.3, 0.4) is 0 Å². The van der Waals surface area contributed by atoms with E-state index in [1.165, 1.54) is 56.9 Å². The van der Waals surface area contributed by atoms with Crippen molar-refractivity contribution in [1.29, 1.82) is 0 Å². The number of amides is 2. The normalized spacial score (nSPS) is 12.0. The van der Waals surface area contributed by atoms with Gasteiger partial charge in [-0.2, -0.15) is 4.98 Å². The average Bonchev–Trinajstić information content (AvgIpc) is 3.27. The molecule has 0 saturated heterocycles. The van der Waals surface area contributed by atoms with E-state index < -0.39 is 18.0 Å². The fraction of sp³-hybridized carbons (Fsp3) is 0.615. The highest BCUT2D eigenvalue weighted by Gasteiger charge is 2.22. The lowest BCUT2D eigenvalue weighted by atomic mass is 10.0. The van der Waals surface area contributed by atoms with Crippen molar-refractivity contribution < 1.29 is 19.2 Å². The highest BCUT2D eigenvalue weighted by Crippen LogP contribution is 2.18. The maximum absolute atomic E-state index is 12.4. The Morgan fingerprint density at radius 1 is 1.00 bits per heavy atom. The minimum atomic E-state index is -1.23. The Balaban J connectivity index is 1.77. The van der Waals surface area contributed by atoms with Crippen LogP contribution < -0.4 is 10.6 Å². The largest absolute Gasteiger partial charge is 0.465 e. The van der Waals surface area contributed by atoms with Crippen molar-refractivity contribution in [3.05, 3.63) is 35.7 Å². The van der Waals surface area contributed by atoms with Gasteiger partial charge in [0.25, 0.3) is 0 Å². The number of unbranched alkanes of at least 4 members (excludes halogenated alkanes) is 7. The Morgan fingerprint density at radius 3 is 2.26 bits per heavy atom. The second-order valence-corrected chi connectivity index (χ2v) is 9.28. The second-order valence-electron chi connectivity index (χ2n) is 9.28. The molecular weight excluding hydrogens is 432 g/mol. The quantitative estimate of drug-likeness (QED) is 0.269. The second kappa shape index (κ2) is 15.1. The molecule has 34 heavy (non-hydrogen) atoms. The van der Waals surface area contributed by atoms with E-state index in [0.29, 0.717) is 12.2 Å². The molecule has 1 atom stereocenters. The van der Waals surface area contributed by atoms with E-state index in [9.17, 15) is 9.59 Å². The molecule has 8 heteroatoms. The zero-order valence-electron chi connectivity index (χ0n) is 20.8. The fourth-order valence-corrected chi connectivity index (χ4v) is 3.87. The summed E-state index contributed by atoms with van der Waals surface area (Å²) in [6.07, 6.45) is 10.7. The number of carbonyl (C=O) groups is 2. The first kappa shape index (κ1) is 27.3. The van der Waals surface area contributed by atoms with Gasteiger partial charge in [0.05, 0.1) is 6.54 Å². The van der Waals surface area contributed by atoms with Crippen LogP contribution in [0.25, 0.3) is 11.4 Å². The van der Waals surface area contributed by atoms with Crippen molar-refractivity contribution >= 4 is 12.0 Å². The maximum atomic E-state index is 12.4. The molecule has 2 rings (SSSR count). The van der Waals surface area contributed by atoms with Gasteiger partial charge in [-0.05, 0) is 30.7 Å². The Kier molecular flexibility index (Phi) is 12.1. The van der Waals surface area contributed by atoms with Crippen LogP contribution in [0.4, 0.5) is 4.79 Å². The average molecular weight is 473 g/mol. The van der Waals surface area contributed by atoms with Crippen molar-refractivity contribution in [2.24, 2.45) is 5.92 Å². The van der Waals surface area contributed by atoms with Crippen molar-refractivity contribution in [1.82, 2.24) is 20.8 Å². The molecule has 188 valence electrons. The smallest absolute Gasteiger partial charge is 0.405 e. The number of carboxylic acid groups (broad SMARTS) is 1. The van der Waals surface area contributed by atoms with Gasteiger partial charge in [0.1, 0.15) is 6.04 Å². The monoisotopic (exact) mass is 472 g/mol. The molecule has 2 aromatic rings. The molecule has 0 aliphatic carbocycles. The minimum absolute atomic E-state index is 0.0399. The van der Waals surface area contributed by atoms with Crippen molar-refractivity contribution in [2.75, 3.05) is 0 Å². The Bertz CT molecular complexity index is 864. The number of rotatable bonds is 16. The first-order valence-electron chi connectivity index (χ1n) is 12.6. The molecule has 0 saturated carbocycles. The predicted octanol–water partition coefficient (Wildman–Crippen LogP) is 5.72. The first-order valence-corrected chi connectivity index (χ1v) is 12.6. The van der Waals surface area contributed by atoms with E-state index in [0.717, 1.165) is 12.0 Å². The molecular formula is C26H40N4O4. The number of hydrogen-bond donors (Lipinski definition) is 3. The predicted molar refractivity (Wildman–Crippen MR) is 132 cm³/mol. The summed E-state index contributed by atoms with van der Waals surface area (Å²) in [7, 11) is 0. The lowest BCUT2D eigenvalue weighted by molar-refractivity contribution is -0.123. The number of hydrogen-bond acceptors (Lipinski definition) is 5. The molecule has 3 N–H and O–H groups in total. The molecule has 0 bridgehead atoms. The number of nitrogens with one attached hydrogen (secondary N) is 2. The van der Waals surface area contributed by atoms with Gasteiger partial charge < -0.3 is 20.3 Å². The number of carbonyl (C=O) groups excluding carboxylic acids is 1. The Hall–Kier alpha value is -2.90.